The molecule has 0 spiro atoms. The first-order chi connectivity index (χ1) is 9.75. The van der Waals surface area contributed by atoms with Gasteiger partial charge in [0.25, 0.3) is 5.82 Å². The van der Waals surface area contributed by atoms with Gasteiger partial charge in [0.05, 0.1) is 6.04 Å². The minimum absolute atomic E-state index is 0.389. The SMILES string of the molecule is CC(C)[n+]1c(COc2ccccc2)[nH]c2ccccc21. The normalized spacial score (nSPS) is 11.2. The number of fused-ring (bicyclic) bond motifs is 1. The maximum atomic E-state index is 5.86. The summed E-state index contributed by atoms with van der Waals surface area (Å²) in [6.07, 6.45) is 0. The van der Waals surface area contributed by atoms with Crippen molar-refractivity contribution in [3.05, 3.63) is 60.4 Å². The molecule has 102 valence electrons. The van der Waals surface area contributed by atoms with Gasteiger partial charge >= 0.3 is 0 Å². The molecule has 20 heavy (non-hydrogen) atoms. The summed E-state index contributed by atoms with van der Waals surface area (Å²) >= 11 is 0. The molecule has 2 aromatic carbocycles. The third-order valence-corrected chi connectivity index (χ3v) is 3.37. The molecule has 1 aromatic heterocycles. The zero-order valence-corrected chi connectivity index (χ0v) is 11.8. The van der Waals surface area contributed by atoms with E-state index in [1.165, 1.54) is 5.52 Å². The average molecular weight is 267 g/mol. The molecule has 0 saturated heterocycles. The van der Waals surface area contributed by atoms with Gasteiger partial charge < -0.3 is 4.74 Å². The minimum atomic E-state index is 0.389. The predicted molar refractivity (Wildman–Crippen MR) is 79.7 cm³/mol. The second kappa shape index (κ2) is 5.37. The van der Waals surface area contributed by atoms with Crippen molar-refractivity contribution in [2.75, 3.05) is 0 Å². The van der Waals surface area contributed by atoms with Crippen molar-refractivity contribution in [3.8, 4) is 5.75 Å². The van der Waals surface area contributed by atoms with Crippen molar-refractivity contribution >= 4 is 11.0 Å². The molecule has 3 rings (SSSR count). The first-order valence-electron chi connectivity index (χ1n) is 6.94. The molecule has 3 aromatic rings. The monoisotopic (exact) mass is 267 g/mol. The summed E-state index contributed by atoms with van der Waals surface area (Å²) in [6, 6.07) is 18.6. The molecule has 0 atom stereocenters. The first-order valence-corrected chi connectivity index (χ1v) is 6.94. The lowest BCUT2D eigenvalue weighted by Gasteiger charge is -2.07. The van der Waals surface area contributed by atoms with Gasteiger partial charge in [-0.25, -0.2) is 9.55 Å². The Morgan fingerprint density at radius 3 is 2.45 bits per heavy atom. The first kappa shape index (κ1) is 12.7. The number of nitrogens with zero attached hydrogens (tertiary/aromatic N) is 1. The molecule has 0 aliphatic heterocycles. The fraction of sp³-hybridized carbons (Fsp3) is 0.235. The van der Waals surface area contributed by atoms with Crippen LogP contribution in [0.15, 0.2) is 54.6 Å². The molecule has 0 saturated carbocycles. The van der Waals surface area contributed by atoms with Crippen molar-refractivity contribution in [2.45, 2.75) is 26.5 Å². The molecule has 0 radical (unpaired) electrons. The molecule has 0 unspecified atom stereocenters. The number of aromatic amines is 1. The van der Waals surface area contributed by atoms with E-state index < -0.39 is 0 Å². The molecule has 0 fully saturated rings. The third kappa shape index (κ3) is 2.39. The van der Waals surface area contributed by atoms with Gasteiger partial charge in [-0.15, -0.1) is 0 Å². The summed E-state index contributed by atoms with van der Waals surface area (Å²) in [5, 5.41) is 0. The van der Waals surface area contributed by atoms with E-state index in [1.54, 1.807) is 0 Å². The van der Waals surface area contributed by atoms with E-state index in [0.29, 0.717) is 12.6 Å². The van der Waals surface area contributed by atoms with Crippen LogP contribution in [0.5, 0.6) is 5.75 Å². The van der Waals surface area contributed by atoms with Crippen LogP contribution in [0, 0.1) is 0 Å². The van der Waals surface area contributed by atoms with Crippen molar-refractivity contribution in [2.24, 2.45) is 0 Å². The van der Waals surface area contributed by atoms with E-state index in [2.05, 4.69) is 41.6 Å². The number of benzene rings is 2. The van der Waals surface area contributed by atoms with E-state index in [0.717, 1.165) is 17.1 Å². The number of rotatable bonds is 4. The quantitative estimate of drug-likeness (QED) is 0.719. The number of imidazole rings is 1. The molecule has 3 nitrogen and oxygen atoms in total. The number of hydrogen-bond donors (Lipinski definition) is 1. The summed E-state index contributed by atoms with van der Waals surface area (Å²) in [7, 11) is 0. The number of para-hydroxylation sites is 3. The fourth-order valence-electron chi connectivity index (χ4n) is 2.51. The highest BCUT2D eigenvalue weighted by molar-refractivity contribution is 5.71. The summed E-state index contributed by atoms with van der Waals surface area (Å²) in [5.41, 5.74) is 2.36. The van der Waals surface area contributed by atoms with Crippen LogP contribution in [0.3, 0.4) is 0 Å². The van der Waals surface area contributed by atoms with Gasteiger partial charge in [-0.3, -0.25) is 0 Å². The van der Waals surface area contributed by atoms with Crippen LogP contribution >= 0.6 is 0 Å². The second-order valence-electron chi connectivity index (χ2n) is 5.15. The number of nitrogens with one attached hydrogen (secondary N) is 1. The van der Waals surface area contributed by atoms with Gasteiger partial charge in [-0.1, -0.05) is 30.3 Å². The van der Waals surface area contributed by atoms with Crippen LogP contribution in [-0.4, -0.2) is 4.98 Å². The van der Waals surface area contributed by atoms with Crippen LogP contribution in [-0.2, 0) is 6.61 Å². The van der Waals surface area contributed by atoms with Crippen molar-refractivity contribution in [1.29, 1.82) is 0 Å². The maximum absolute atomic E-state index is 5.86. The Bertz CT molecular complexity index is 701. The summed E-state index contributed by atoms with van der Waals surface area (Å²) in [5.74, 6) is 1.98. The lowest BCUT2D eigenvalue weighted by molar-refractivity contribution is -0.699. The predicted octanol–water partition coefficient (Wildman–Crippen LogP) is 3.62. The van der Waals surface area contributed by atoms with Gasteiger partial charge in [-0.2, -0.15) is 0 Å². The van der Waals surface area contributed by atoms with E-state index in [-0.39, 0.29) is 0 Å². The molecule has 3 heteroatoms. The Labute approximate surface area is 118 Å². The maximum Gasteiger partial charge on any atom is 0.293 e. The zero-order valence-electron chi connectivity index (χ0n) is 11.8. The fourth-order valence-corrected chi connectivity index (χ4v) is 2.51. The topological polar surface area (TPSA) is 28.9 Å². The Morgan fingerprint density at radius 2 is 1.70 bits per heavy atom. The summed E-state index contributed by atoms with van der Waals surface area (Å²) in [6.45, 7) is 4.91. The van der Waals surface area contributed by atoms with Crippen molar-refractivity contribution < 1.29 is 9.30 Å². The largest absolute Gasteiger partial charge is 0.481 e. The van der Waals surface area contributed by atoms with Crippen LogP contribution < -0.4 is 9.30 Å². The van der Waals surface area contributed by atoms with E-state index in [9.17, 15) is 0 Å². The van der Waals surface area contributed by atoms with E-state index in [1.807, 2.05) is 36.4 Å². The Kier molecular flexibility index (Phi) is 3.42. The van der Waals surface area contributed by atoms with Gasteiger partial charge in [0.2, 0.25) is 0 Å². The molecule has 0 aliphatic carbocycles. The number of aromatic nitrogens is 2. The van der Waals surface area contributed by atoms with Crippen LogP contribution in [0.2, 0.25) is 0 Å². The lowest BCUT2D eigenvalue weighted by atomic mass is 10.3. The van der Waals surface area contributed by atoms with E-state index in [4.69, 9.17) is 4.74 Å². The standard InChI is InChI=1S/C17H18N2O/c1-13(2)19-16-11-7-6-10-15(16)18-17(19)12-20-14-8-4-3-5-9-14/h3-11,13H,12H2,1-2H3/p+1. The number of ether oxygens (including phenoxy) is 1. The molecule has 1 heterocycles. The van der Waals surface area contributed by atoms with Crippen LogP contribution in [0.4, 0.5) is 0 Å². The van der Waals surface area contributed by atoms with Gasteiger partial charge in [-0.05, 0) is 38.1 Å². The summed E-state index contributed by atoms with van der Waals surface area (Å²) in [4.78, 5) is 3.45. The van der Waals surface area contributed by atoms with Crippen LogP contribution in [0.25, 0.3) is 11.0 Å². The van der Waals surface area contributed by atoms with Crippen LogP contribution in [0.1, 0.15) is 25.7 Å². The molecule has 1 N–H and O–H groups in total. The molecular formula is C17H19N2O+. The highest BCUT2D eigenvalue weighted by Gasteiger charge is 2.20. The molecular weight excluding hydrogens is 248 g/mol. The Hall–Kier alpha value is -2.29. The second-order valence-corrected chi connectivity index (χ2v) is 5.15. The third-order valence-electron chi connectivity index (χ3n) is 3.37. The number of H-pyrrole nitrogens is 1. The Balaban J connectivity index is 1.93. The van der Waals surface area contributed by atoms with Gasteiger partial charge in [0.15, 0.2) is 17.6 Å². The summed E-state index contributed by atoms with van der Waals surface area (Å²) < 4.78 is 8.15. The van der Waals surface area contributed by atoms with Gasteiger partial charge in [0.1, 0.15) is 5.75 Å². The highest BCUT2D eigenvalue weighted by atomic mass is 16.5. The molecule has 0 amide bonds. The van der Waals surface area contributed by atoms with Crippen molar-refractivity contribution in [3.63, 3.8) is 0 Å². The number of hydrogen-bond acceptors (Lipinski definition) is 1. The minimum Gasteiger partial charge on any atom is -0.481 e. The lowest BCUT2D eigenvalue weighted by Crippen LogP contribution is -2.39. The van der Waals surface area contributed by atoms with Gasteiger partial charge in [0, 0.05) is 0 Å². The zero-order chi connectivity index (χ0) is 13.9. The highest BCUT2D eigenvalue weighted by Crippen LogP contribution is 2.15. The molecule has 0 aliphatic rings. The molecule has 0 bridgehead atoms. The van der Waals surface area contributed by atoms with Crippen molar-refractivity contribution in [1.82, 2.24) is 4.98 Å². The smallest absolute Gasteiger partial charge is 0.293 e. The Morgan fingerprint density at radius 1 is 1.00 bits per heavy atom. The van der Waals surface area contributed by atoms with E-state index >= 15 is 0 Å². The average Bonchev–Trinajstić information content (AvgIpc) is 2.84.